The predicted molar refractivity (Wildman–Crippen MR) is 610 cm³/mol. The maximum atomic E-state index is 5.20. The monoisotopic (exact) mass is 1910 g/mol. The van der Waals surface area contributed by atoms with E-state index in [4.69, 9.17) is 59.8 Å². The molecule has 0 bridgehead atoms. The lowest BCUT2D eigenvalue weighted by atomic mass is 9.86. The van der Waals surface area contributed by atoms with Crippen LogP contribution in [0.5, 0.6) is 0 Å². The Morgan fingerprint density at radius 3 is 0.407 bits per heavy atom. The largest absolute Gasteiger partial charge is 0.255 e. The molecule has 6 heterocycles. The summed E-state index contributed by atoms with van der Waals surface area (Å²) in [6, 6.07) is 185. The van der Waals surface area contributed by atoms with Gasteiger partial charge >= 0.3 is 0 Å². The highest BCUT2D eigenvalue weighted by Gasteiger charge is 2.24. The molecule has 0 N–H and O–H groups in total. The summed E-state index contributed by atoms with van der Waals surface area (Å²) in [5.41, 5.74) is 38.7. The quantitative estimate of drug-likeness (QED) is 0.0565. The first-order chi connectivity index (χ1) is 74.2. The minimum absolute atomic E-state index is 0.520. The molecule has 25 rings (SSSR count). The molecule has 19 aromatic carbocycles. The summed E-state index contributed by atoms with van der Waals surface area (Å²) in [5.74, 6) is 4.95. The van der Waals surface area contributed by atoms with Crippen molar-refractivity contribution in [2.75, 3.05) is 0 Å². The van der Waals surface area contributed by atoms with E-state index in [-0.39, 0.29) is 0 Å². The summed E-state index contributed by atoms with van der Waals surface area (Å²) >= 11 is 0. The molecular formula is C138H90N12. The van der Waals surface area contributed by atoms with Crippen molar-refractivity contribution in [1.82, 2.24) is 59.8 Å². The van der Waals surface area contributed by atoms with Gasteiger partial charge in [-0.3, -0.25) is 15.0 Å². The minimum Gasteiger partial charge on any atom is -0.255 e. The van der Waals surface area contributed by atoms with E-state index in [0.29, 0.717) is 52.4 Å². The lowest BCUT2D eigenvalue weighted by Crippen LogP contribution is -2.01. The molecule has 0 aliphatic rings. The van der Waals surface area contributed by atoms with Crippen LogP contribution in [0.1, 0.15) is 0 Å². The summed E-state index contributed by atoms with van der Waals surface area (Å²) in [7, 11) is 0. The molecule has 150 heavy (non-hydrogen) atoms. The third-order valence-electron chi connectivity index (χ3n) is 27.5. The Hall–Kier alpha value is -20.3. The predicted octanol–water partition coefficient (Wildman–Crippen LogP) is 34.4. The number of pyridine rings is 3. The van der Waals surface area contributed by atoms with Crippen LogP contribution in [0.2, 0.25) is 0 Å². The summed E-state index contributed by atoms with van der Waals surface area (Å²) in [4.78, 5) is 62.2. The molecule has 0 unspecified atom stereocenters. The Morgan fingerprint density at radius 2 is 0.227 bits per heavy atom. The van der Waals surface area contributed by atoms with Crippen molar-refractivity contribution in [3.8, 4) is 270 Å². The van der Waals surface area contributed by atoms with Gasteiger partial charge in [-0.15, -0.1) is 0 Å². The molecular weight excluding hydrogens is 1830 g/mol. The van der Waals surface area contributed by atoms with Gasteiger partial charge < -0.3 is 0 Å². The molecule has 0 aliphatic heterocycles. The zero-order chi connectivity index (χ0) is 99.8. The highest BCUT2D eigenvalue weighted by Crippen LogP contribution is 2.46. The van der Waals surface area contributed by atoms with Crippen LogP contribution in [0.15, 0.2) is 546 Å². The van der Waals surface area contributed by atoms with Crippen molar-refractivity contribution < 1.29 is 0 Å². The van der Waals surface area contributed by atoms with E-state index < -0.39 is 0 Å². The van der Waals surface area contributed by atoms with Crippen LogP contribution < -0.4 is 0 Å². The second-order valence-electron chi connectivity index (χ2n) is 37.1. The third-order valence-corrected chi connectivity index (χ3v) is 27.5. The normalized spacial score (nSPS) is 11.2. The van der Waals surface area contributed by atoms with E-state index in [1.54, 1.807) is 0 Å². The molecule has 6 aromatic heterocycles. The first kappa shape index (κ1) is 90.9. The van der Waals surface area contributed by atoms with Crippen molar-refractivity contribution in [3.63, 3.8) is 0 Å². The average Bonchev–Trinajstić information content (AvgIpc) is 0.741. The van der Waals surface area contributed by atoms with E-state index in [2.05, 4.69) is 491 Å². The zero-order valence-electron chi connectivity index (χ0n) is 81.3. The second-order valence-corrected chi connectivity index (χ2v) is 37.1. The maximum Gasteiger partial charge on any atom is 0.165 e. The summed E-state index contributed by atoms with van der Waals surface area (Å²) in [6.07, 6.45) is 5.62. The Bertz CT molecular complexity index is 8060. The molecule has 0 radical (unpaired) electrons. The molecule has 0 saturated carbocycles. The first-order valence-corrected chi connectivity index (χ1v) is 50.1. The van der Waals surface area contributed by atoms with Gasteiger partial charge in [0.1, 0.15) is 0 Å². The van der Waals surface area contributed by atoms with Crippen LogP contribution in [0.4, 0.5) is 0 Å². The topological polar surface area (TPSA) is 155 Å². The van der Waals surface area contributed by atoms with Gasteiger partial charge in [0.25, 0.3) is 0 Å². The van der Waals surface area contributed by atoms with E-state index in [0.717, 1.165) is 217 Å². The van der Waals surface area contributed by atoms with Crippen LogP contribution in [-0.4, -0.2) is 59.8 Å². The lowest BCUT2D eigenvalue weighted by molar-refractivity contribution is 1.07. The van der Waals surface area contributed by atoms with Crippen LogP contribution in [0.25, 0.3) is 270 Å². The van der Waals surface area contributed by atoms with Crippen LogP contribution in [-0.2, 0) is 0 Å². The van der Waals surface area contributed by atoms with Crippen molar-refractivity contribution >= 4 is 0 Å². The van der Waals surface area contributed by atoms with Crippen molar-refractivity contribution in [3.05, 3.63) is 546 Å². The average molecular weight is 1920 g/mol. The van der Waals surface area contributed by atoms with Gasteiger partial charge in [-0.05, 0) is 225 Å². The summed E-state index contributed by atoms with van der Waals surface area (Å²) < 4.78 is 0. The standard InChI is InChI=1S/C138H90N12/c1-7-31-91(32-8-1)103-43-25-49-109(79-103)130-142-131(110-50-26-44-104(80-110)92-33-9-2-10-34-92)146-136(145-130)115-73-76-127(139-88-115)100-67-61-97(62-68-100)121-55-19-22-58-124(121)118-85-119(125-59-23-20-56-122(125)98-63-69-101(70-64-98)128-77-74-116(89-140-128)137-147-132(111-51-27-45-105(81-111)93-35-11-3-12-36-93)143-133(148-137)112-52-28-46-106(82-112)94-37-13-4-14-38-94)87-120(86-118)126-60-24-21-57-123(126)99-65-71-102(72-66-99)129-78-75-117(90-141-129)138-149-134(113-53-29-47-107(83-113)95-39-15-5-16-40-95)144-135(150-138)114-54-30-48-108(84-114)96-41-17-6-18-42-96/h1-90H. The highest BCUT2D eigenvalue weighted by atomic mass is 15.1. The van der Waals surface area contributed by atoms with Gasteiger partial charge in [0.05, 0.1) is 17.1 Å². The van der Waals surface area contributed by atoms with Gasteiger partial charge in [-0.25, -0.2) is 44.9 Å². The molecule has 0 fully saturated rings. The molecule has 702 valence electrons. The minimum atomic E-state index is 0.520. The molecule has 12 heteroatoms. The summed E-state index contributed by atoms with van der Waals surface area (Å²) in [6.45, 7) is 0. The fourth-order valence-corrected chi connectivity index (χ4v) is 19.7. The van der Waals surface area contributed by atoms with Gasteiger partial charge in [-0.1, -0.05) is 437 Å². The Morgan fingerprint density at radius 1 is 0.0867 bits per heavy atom. The second kappa shape index (κ2) is 41.2. The van der Waals surface area contributed by atoms with E-state index in [1.165, 1.54) is 0 Å². The lowest BCUT2D eigenvalue weighted by Gasteiger charge is -2.18. The van der Waals surface area contributed by atoms with Gasteiger partial charge in [-0.2, -0.15) is 0 Å². The molecule has 0 aliphatic carbocycles. The Balaban J connectivity index is 0.546. The van der Waals surface area contributed by atoms with E-state index >= 15 is 0 Å². The molecule has 0 saturated heterocycles. The molecule has 0 atom stereocenters. The number of nitrogens with zero attached hydrogens (tertiary/aromatic N) is 12. The molecule has 25 aromatic rings. The Kier molecular flexibility index (Phi) is 25.0. The van der Waals surface area contributed by atoms with Crippen molar-refractivity contribution in [1.29, 1.82) is 0 Å². The van der Waals surface area contributed by atoms with Crippen LogP contribution in [0.3, 0.4) is 0 Å². The van der Waals surface area contributed by atoms with E-state index in [9.17, 15) is 0 Å². The SMILES string of the molecule is c1ccc(-c2cccc(-c3nc(-c4ccc(-c5ccc(-c6ccccc6-c6cc(-c7ccccc7-c7ccc(-c8ccc(-c9nc(-c%10cccc(-c%11ccccc%11)c%10)nc(-c%10cccc(-c%11ccccc%11)c%10)n9)cn8)cc7)cc(-c7ccccc7-c7ccc(-c8ccc(-c9nc(-c%10cccc(-c%11ccccc%11)c%10)nc(-c%10cccc(-c%11ccccc%11)c%10)n9)cn8)cc7)c6)cc5)nc4)nc(-c4cccc(-c5ccccc5)c4)n3)c2)cc1. The zero-order valence-corrected chi connectivity index (χ0v) is 81.3. The number of aromatic nitrogens is 12. The number of hydrogen-bond acceptors (Lipinski definition) is 12. The molecule has 0 spiro atoms. The number of benzene rings is 19. The van der Waals surface area contributed by atoms with Gasteiger partial charge in [0, 0.05) is 85.4 Å². The fourth-order valence-electron chi connectivity index (χ4n) is 19.7. The number of hydrogen-bond donors (Lipinski definition) is 0. The van der Waals surface area contributed by atoms with Crippen molar-refractivity contribution in [2.45, 2.75) is 0 Å². The van der Waals surface area contributed by atoms with Crippen LogP contribution in [0, 0.1) is 0 Å². The smallest absolute Gasteiger partial charge is 0.165 e. The first-order valence-electron chi connectivity index (χ1n) is 50.1. The molecule has 12 nitrogen and oxygen atoms in total. The summed E-state index contributed by atoms with van der Waals surface area (Å²) in [5, 5.41) is 0. The van der Waals surface area contributed by atoms with Crippen LogP contribution >= 0.6 is 0 Å². The highest BCUT2D eigenvalue weighted by molar-refractivity contribution is 5.96. The fraction of sp³-hybridized carbons (Fsp3) is 0. The van der Waals surface area contributed by atoms with Gasteiger partial charge in [0.2, 0.25) is 0 Å². The number of rotatable bonds is 24. The van der Waals surface area contributed by atoms with Crippen molar-refractivity contribution in [2.24, 2.45) is 0 Å². The maximum absolute atomic E-state index is 5.20. The third kappa shape index (κ3) is 19.4. The Labute approximate surface area is 869 Å². The van der Waals surface area contributed by atoms with E-state index in [1.807, 2.05) is 55.0 Å². The molecule has 0 amide bonds. The van der Waals surface area contributed by atoms with Gasteiger partial charge in [0.15, 0.2) is 52.4 Å².